The molecule has 1 unspecified atom stereocenters. The number of benzene rings is 2. The van der Waals surface area contributed by atoms with Crippen molar-refractivity contribution in [2.45, 2.75) is 64.1 Å². The van der Waals surface area contributed by atoms with Crippen molar-refractivity contribution in [2.24, 2.45) is 4.99 Å². The molecule has 0 radical (unpaired) electrons. The zero-order valence-corrected chi connectivity index (χ0v) is 20.1. The van der Waals surface area contributed by atoms with E-state index in [9.17, 15) is 4.79 Å². The van der Waals surface area contributed by atoms with Crippen LogP contribution in [0, 0.1) is 0 Å². The third kappa shape index (κ3) is 5.15. The van der Waals surface area contributed by atoms with Gasteiger partial charge >= 0.3 is 0 Å². The number of hydrogen-bond acceptors (Lipinski definition) is 3. The van der Waals surface area contributed by atoms with Crippen LogP contribution < -0.4 is 15.4 Å². The molecule has 6 nitrogen and oxygen atoms in total. The van der Waals surface area contributed by atoms with Gasteiger partial charge < -0.3 is 20.3 Å². The second-order valence-electron chi connectivity index (χ2n) is 9.03. The summed E-state index contributed by atoms with van der Waals surface area (Å²) in [7, 11) is 1.80. The van der Waals surface area contributed by atoms with Gasteiger partial charge in [-0.15, -0.1) is 0 Å². The fourth-order valence-electron chi connectivity index (χ4n) is 5.08. The lowest BCUT2D eigenvalue weighted by molar-refractivity contribution is 0.0396. The maximum Gasteiger partial charge on any atom is 0.253 e. The molecule has 2 N–H and O–H groups in total. The number of carbonyl (C=O) groups is 1. The summed E-state index contributed by atoms with van der Waals surface area (Å²) in [6.45, 7) is 6.08. The predicted molar refractivity (Wildman–Crippen MR) is 133 cm³/mol. The molecule has 1 fully saturated rings. The fourth-order valence-corrected chi connectivity index (χ4v) is 5.08. The maximum absolute atomic E-state index is 12.5. The minimum Gasteiger partial charge on any atom is -0.487 e. The third-order valence-electron chi connectivity index (χ3n) is 6.96. The normalized spacial score (nSPS) is 19.0. The van der Waals surface area contributed by atoms with Gasteiger partial charge in [0.15, 0.2) is 5.96 Å². The summed E-state index contributed by atoms with van der Waals surface area (Å²) in [6.07, 6.45) is 5.64. The van der Waals surface area contributed by atoms with Crippen molar-refractivity contribution in [1.82, 2.24) is 15.5 Å². The van der Waals surface area contributed by atoms with Crippen LogP contribution in [0.4, 0.5) is 0 Å². The number of amides is 1. The van der Waals surface area contributed by atoms with Crippen LogP contribution >= 0.6 is 0 Å². The lowest BCUT2D eigenvalue weighted by Crippen LogP contribution is -2.46. The van der Waals surface area contributed by atoms with Gasteiger partial charge in [-0.25, -0.2) is 0 Å². The number of ether oxygens (including phenoxy) is 1. The highest BCUT2D eigenvalue weighted by Gasteiger charge is 2.43. The van der Waals surface area contributed by atoms with E-state index >= 15 is 0 Å². The van der Waals surface area contributed by atoms with Crippen LogP contribution in [0.15, 0.2) is 53.5 Å². The maximum atomic E-state index is 12.5. The number of aliphatic imine (C=N–C) groups is 1. The first-order valence-corrected chi connectivity index (χ1v) is 12.2. The Morgan fingerprint density at radius 3 is 2.45 bits per heavy atom. The molecular weight excluding hydrogens is 412 g/mol. The Hall–Kier alpha value is -3.02. The average molecular weight is 449 g/mol. The molecule has 1 aliphatic heterocycles. The van der Waals surface area contributed by atoms with E-state index in [0.717, 1.165) is 55.2 Å². The van der Waals surface area contributed by atoms with Gasteiger partial charge in [-0.3, -0.25) is 9.79 Å². The minimum atomic E-state index is -0.0574. The molecule has 1 spiro atoms. The van der Waals surface area contributed by atoms with E-state index in [2.05, 4.69) is 33.8 Å². The number of hydrogen-bond donors (Lipinski definition) is 2. The van der Waals surface area contributed by atoms with Gasteiger partial charge in [0.25, 0.3) is 5.91 Å². The molecule has 176 valence electrons. The molecule has 4 rings (SSSR count). The Bertz CT molecular complexity index is 976. The van der Waals surface area contributed by atoms with Crippen molar-refractivity contribution in [1.29, 1.82) is 0 Å². The molecule has 0 saturated heterocycles. The second kappa shape index (κ2) is 10.3. The smallest absolute Gasteiger partial charge is 0.253 e. The van der Waals surface area contributed by atoms with Gasteiger partial charge in [0, 0.05) is 44.2 Å². The monoisotopic (exact) mass is 448 g/mol. The van der Waals surface area contributed by atoms with Crippen LogP contribution in [0.5, 0.6) is 5.75 Å². The molecule has 2 aliphatic rings. The van der Waals surface area contributed by atoms with Crippen LogP contribution in [0.25, 0.3) is 0 Å². The van der Waals surface area contributed by atoms with Crippen molar-refractivity contribution in [2.75, 3.05) is 20.1 Å². The first kappa shape index (κ1) is 23.1. The Morgan fingerprint density at radius 1 is 1.09 bits per heavy atom. The Kier molecular flexibility index (Phi) is 7.21. The summed E-state index contributed by atoms with van der Waals surface area (Å²) in [6, 6.07) is 16.3. The molecule has 1 amide bonds. The summed E-state index contributed by atoms with van der Waals surface area (Å²) in [5.41, 5.74) is 2.97. The van der Waals surface area contributed by atoms with Crippen LogP contribution in [0.3, 0.4) is 0 Å². The molecule has 0 aromatic heterocycles. The number of carbonyl (C=O) groups excluding carboxylic acids is 1. The number of rotatable bonds is 6. The molecule has 1 atom stereocenters. The number of nitrogens with zero attached hydrogens (tertiary/aromatic N) is 2. The van der Waals surface area contributed by atoms with Gasteiger partial charge in [0.1, 0.15) is 11.4 Å². The highest BCUT2D eigenvalue weighted by atomic mass is 16.5. The van der Waals surface area contributed by atoms with Gasteiger partial charge in [-0.1, -0.05) is 30.3 Å². The first-order chi connectivity index (χ1) is 16.1. The van der Waals surface area contributed by atoms with E-state index in [-0.39, 0.29) is 17.6 Å². The largest absolute Gasteiger partial charge is 0.487 e. The number of guanidine groups is 1. The van der Waals surface area contributed by atoms with E-state index in [1.54, 1.807) is 7.05 Å². The molecule has 2 aromatic rings. The summed E-state index contributed by atoms with van der Waals surface area (Å²) < 4.78 is 6.49. The molecule has 33 heavy (non-hydrogen) atoms. The van der Waals surface area contributed by atoms with Gasteiger partial charge in [-0.05, 0) is 63.3 Å². The van der Waals surface area contributed by atoms with Crippen LogP contribution in [-0.2, 0) is 6.54 Å². The average Bonchev–Trinajstić information content (AvgIpc) is 3.29. The SMILES string of the molecule is CCN(CC)C(=O)c1ccc(CNC(=NC)NC2CC3(CCCC3)Oc3ccccc32)cc1. The van der Waals surface area contributed by atoms with Crippen molar-refractivity contribution in [3.05, 3.63) is 65.2 Å². The highest BCUT2D eigenvalue weighted by molar-refractivity contribution is 5.94. The summed E-state index contributed by atoms with van der Waals surface area (Å²) >= 11 is 0. The number of para-hydroxylation sites is 1. The standard InChI is InChI=1S/C27H36N4O2/c1-4-31(5-2)25(32)21-14-12-20(13-15-21)19-29-26(28-3)30-23-18-27(16-8-9-17-27)33-24-11-7-6-10-22(23)24/h6-7,10-15,23H,4-5,8-9,16-19H2,1-3H3,(H2,28,29,30). The molecule has 2 aromatic carbocycles. The second-order valence-corrected chi connectivity index (χ2v) is 9.03. The van der Waals surface area contributed by atoms with Crippen LogP contribution in [0.1, 0.15) is 73.5 Å². The topological polar surface area (TPSA) is 66.0 Å². The molecule has 1 aliphatic carbocycles. The van der Waals surface area contributed by atoms with Crippen molar-refractivity contribution < 1.29 is 9.53 Å². The van der Waals surface area contributed by atoms with Crippen molar-refractivity contribution >= 4 is 11.9 Å². The van der Waals surface area contributed by atoms with E-state index in [4.69, 9.17) is 4.74 Å². The molecule has 1 saturated carbocycles. The summed E-state index contributed by atoms with van der Waals surface area (Å²) in [5.74, 6) is 1.84. The van der Waals surface area contributed by atoms with E-state index in [1.165, 1.54) is 18.4 Å². The fraction of sp³-hybridized carbons (Fsp3) is 0.481. The number of nitrogens with one attached hydrogen (secondary N) is 2. The summed E-state index contributed by atoms with van der Waals surface area (Å²) in [5, 5.41) is 7.08. The van der Waals surface area contributed by atoms with Crippen molar-refractivity contribution in [3.8, 4) is 5.75 Å². The highest BCUT2D eigenvalue weighted by Crippen LogP contribution is 2.46. The molecule has 0 bridgehead atoms. The lowest BCUT2D eigenvalue weighted by Gasteiger charge is -2.40. The predicted octanol–water partition coefficient (Wildman–Crippen LogP) is 4.67. The van der Waals surface area contributed by atoms with Gasteiger partial charge in [-0.2, -0.15) is 0 Å². The lowest BCUT2D eigenvalue weighted by atomic mass is 9.86. The Labute approximate surface area is 197 Å². The minimum absolute atomic E-state index is 0.0574. The van der Waals surface area contributed by atoms with E-state index in [0.29, 0.717) is 6.54 Å². The van der Waals surface area contributed by atoms with E-state index in [1.807, 2.05) is 49.1 Å². The van der Waals surface area contributed by atoms with E-state index < -0.39 is 0 Å². The van der Waals surface area contributed by atoms with Gasteiger partial charge in [0.2, 0.25) is 0 Å². The third-order valence-corrected chi connectivity index (χ3v) is 6.96. The molecule has 6 heteroatoms. The quantitative estimate of drug-likeness (QED) is 0.498. The van der Waals surface area contributed by atoms with Gasteiger partial charge in [0.05, 0.1) is 6.04 Å². The molecular formula is C27H36N4O2. The zero-order valence-electron chi connectivity index (χ0n) is 20.1. The molecule has 1 heterocycles. The first-order valence-electron chi connectivity index (χ1n) is 12.2. The summed E-state index contributed by atoms with van der Waals surface area (Å²) in [4.78, 5) is 18.8. The Morgan fingerprint density at radius 2 is 1.79 bits per heavy atom. The van der Waals surface area contributed by atoms with Crippen molar-refractivity contribution in [3.63, 3.8) is 0 Å². The van der Waals surface area contributed by atoms with Crippen LogP contribution in [-0.4, -0.2) is 42.5 Å². The zero-order chi connectivity index (χ0) is 23.3. The Balaban J connectivity index is 1.40. The number of fused-ring (bicyclic) bond motifs is 1. The van der Waals surface area contributed by atoms with Crippen LogP contribution in [0.2, 0.25) is 0 Å².